The van der Waals surface area contributed by atoms with E-state index in [4.69, 9.17) is 20.4 Å². The first-order valence-corrected chi connectivity index (χ1v) is 3.91. The largest absolute Gasteiger partial charge is 0.394 e. The summed E-state index contributed by atoms with van der Waals surface area (Å²) >= 11 is 0. The summed E-state index contributed by atoms with van der Waals surface area (Å²) in [5.74, 6) is 0. The predicted molar refractivity (Wildman–Crippen MR) is 46.7 cm³/mol. The quantitative estimate of drug-likeness (QED) is 0.462. The van der Waals surface area contributed by atoms with Crippen LogP contribution in [-0.4, -0.2) is 44.8 Å². The van der Waals surface area contributed by atoms with Crippen molar-refractivity contribution in [3.05, 3.63) is 0 Å². The van der Waals surface area contributed by atoms with E-state index in [1.807, 2.05) is 0 Å². The van der Waals surface area contributed by atoms with Crippen molar-refractivity contribution >= 4 is 0 Å². The van der Waals surface area contributed by atoms with Crippen molar-refractivity contribution in [3.8, 4) is 0 Å². The van der Waals surface area contributed by atoms with E-state index in [-0.39, 0.29) is 6.61 Å². The molecule has 0 fully saturated rings. The molecule has 0 aromatic carbocycles. The third-order valence-corrected chi connectivity index (χ3v) is 1.29. The Bertz CT molecular complexity index is 93.7. The Balaban J connectivity index is 0. The van der Waals surface area contributed by atoms with Crippen LogP contribution in [-0.2, 0) is 0 Å². The molecule has 0 saturated carbocycles. The third-order valence-electron chi connectivity index (χ3n) is 1.29. The second-order valence-corrected chi connectivity index (χ2v) is 3.36. The number of hydrogen-bond acceptors (Lipinski definition) is 4. The lowest BCUT2D eigenvalue weighted by Crippen LogP contribution is -2.32. The van der Waals surface area contributed by atoms with Gasteiger partial charge in [-0.3, -0.25) is 0 Å². The number of rotatable bonds is 2. The van der Waals surface area contributed by atoms with Gasteiger partial charge in [0.25, 0.3) is 0 Å². The van der Waals surface area contributed by atoms with Crippen molar-refractivity contribution in [1.29, 1.82) is 0 Å². The summed E-state index contributed by atoms with van der Waals surface area (Å²) in [6, 6.07) is 0. The fourth-order valence-electron chi connectivity index (χ4n) is 0. The second-order valence-electron chi connectivity index (χ2n) is 3.36. The van der Waals surface area contributed by atoms with Gasteiger partial charge in [-0.25, -0.2) is 0 Å². The van der Waals surface area contributed by atoms with Gasteiger partial charge in [-0.05, 0) is 27.7 Å². The van der Waals surface area contributed by atoms with Crippen LogP contribution in [0.5, 0.6) is 0 Å². The van der Waals surface area contributed by atoms with Gasteiger partial charge in [0, 0.05) is 0 Å². The molecule has 0 aliphatic carbocycles. The molecule has 2 unspecified atom stereocenters. The molecular weight excluding hydrogens is 160 g/mol. The lowest BCUT2D eigenvalue weighted by molar-refractivity contribution is -0.0375. The lowest BCUT2D eigenvalue weighted by atomic mass is 10.0. The highest BCUT2D eigenvalue weighted by Crippen LogP contribution is 2.05. The van der Waals surface area contributed by atoms with Crippen LogP contribution in [0.3, 0.4) is 0 Å². The van der Waals surface area contributed by atoms with Crippen molar-refractivity contribution in [2.45, 2.75) is 45.5 Å². The summed E-state index contributed by atoms with van der Waals surface area (Å²) in [7, 11) is 0. The first-order valence-electron chi connectivity index (χ1n) is 3.91. The molecule has 0 radical (unpaired) electrons. The number of hydrogen-bond donors (Lipinski definition) is 4. The summed E-state index contributed by atoms with van der Waals surface area (Å²) in [6.45, 7) is 6.08. The van der Waals surface area contributed by atoms with Gasteiger partial charge >= 0.3 is 0 Å². The summed E-state index contributed by atoms with van der Waals surface area (Å²) in [5.41, 5.74) is -0.944. The molecular formula is C8H20O4. The molecule has 0 amide bonds. The molecule has 0 spiro atoms. The van der Waals surface area contributed by atoms with Crippen LogP contribution in [0, 0.1) is 0 Å². The smallest absolute Gasteiger partial charge is 0.0846 e. The molecule has 76 valence electrons. The van der Waals surface area contributed by atoms with E-state index in [0.717, 1.165) is 0 Å². The van der Waals surface area contributed by atoms with E-state index < -0.39 is 17.8 Å². The fourth-order valence-corrected chi connectivity index (χ4v) is 0. The highest BCUT2D eigenvalue weighted by atomic mass is 16.3. The Kier molecular flexibility index (Phi) is 7.62. The molecule has 4 nitrogen and oxygen atoms in total. The molecule has 0 aromatic heterocycles. The van der Waals surface area contributed by atoms with Crippen LogP contribution in [0.1, 0.15) is 27.7 Å². The molecule has 0 saturated heterocycles. The Morgan fingerprint density at radius 3 is 1.33 bits per heavy atom. The topological polar surface area (TPSA) is 80.9 Å². The van der Waals surface area contributed by atoms with Gasteiger partial charge in [-0.2, -0.15) is 0 Å². The minimum absolute atomic E-state index is 0.139. The van der Waals surface area contributed by atoms with E-state index in [0.29, 0.717) is 0 Å². The average molecular weight is 180 g/mol. The van der Waals surface area contributed by atoms with E-state index in [1.54, 1.807) is 20.8 Å². The van der Waals surface area contributed by atoms with E-state index in [1.165, 1.54) is 6.92 Å². The normalized spacial score (nSPS) is 16.0. The van der Waals surface area contributed by atoms with Crippen LogP contribution >= 0.6 is 0 Å². The van der Waals surface area contributed by atoms with Crippen molar-refractivity contribution in [3.63, 3.8) is 0 Å². The molecule has 4 heteroatoms. The van der Waals surface area contributed by atoms with Gasteiger partial charge in [-0.15, -0.1) is 0 Å². The number of aliphatic hydroxyl groups is 4. The van der Waals surface area contributed by atoms with Gasteiger partial charge in [0.1, 0.15) is 0 Å². The maximum absolute atomic E-state index is 8.84. The van der Waals surface area contributed by atoms with Crippen molar-refractivity contribution in [1.82, 2.24) is 0 Å². The maximum atomic E-state index is 8.84. The Morgan fingerprint density at radius 1 is 1.17 bits per heavy atom. The highest BCUT2D eigenvalue weighted by molar-refractivity contribution is 4.70. The van der Waals surface area contributed by atoms with Gasteiger partial charge in [-0.1, -0.05) is 0 Å². The van der Waals surface area contributed by atoms with E-state index in [2.05, 4.69) is 0 Å². The molecule has 0 rings (SSSR count). The van der Waals surface area contributed by atoms with E-state index >= 15 is 0 Å². The maximum Gasteiger partial charge on any atom is 0.0846 e. The van der Waals surface area contributed by atoms with Crippen LogP contribution in [0.4, 0.5) is 0 Å². The molecule has 0 bridgehead atoms. The van der Waals surface area contributed by atoms with Crippen LogP contribution < -0.4 is 0 Å². The first kappa shape index (κ1) is 14.4. The monoisotopic (exact) mass is 180 g/mol. The molecule has 0 heterocycles. The lowest BCUT2D eigenvalue weighted by Gasteiger charge is -2.19. The zero-order chi connectivity index (χ0) is 10.4. The molecule has 0 aliphatic heterocycles. The number of aliphatic hydroxyl groups excluding tert-OH is 3. The zero-order valence-electron chi connectivity index (χ0n) is 8.15. The van der Waals surface area contributed by atoms with E-state index in [9.17, 15) is 0 Å². The predicted octanol–water partition coefficient (Wildman–Crippen LogP) is -0.502. The Labute approximate surface area is 73.5 Å². The van der Waals surface area contributed by atoms with Gasteiger partial charge < -0.3 is 20.4 Å². The van der Waals surface area contributed by atoms with Crippen molar-refractivity contribution in [2.24, 2.45) is 0 Å². The zero-order valence-corrected chi connectivity index (χ0v) is 8.15. The van der Waals surface area contributed by atoms with Gasteiger partial charge in [0.15, 0.2) is 0 Å². The summed E-state index contributed by atoms with van der Waals surface area (Å²) < 4.78 is 0. The molecule has 2 atom stereocenters. The SMILES string of the molecule is CC(O)C(C)(C)O.CC(O)CO. The molecule has 0 aliphatic rings. The van der Waals surface area contributed by atoms with Gasteiger partial charge in [0.05, 0.1) is 24.4 Å². The van der Waals surface area contributed by atoms with Crippen LogP contribution in [0.25, 0.3) is 0 Å². The average Bonchev–Trinajstić information content (AvgIpc) is 1.87. The summed E-state index contributed by atoms with van der Waals surface area (Å²) in [5, 5.41) is 33.5. The highest BCUT2D eigenvalue weighted by Gasteiger charge is 2.18. The summed E-state index contributed by atoms with van der Waals surface area (Å²) in [6.07, 6.45) is -1.21. The minimum atomic E-state index is -0.944. The van der Waals surface area contributed by atoms with Crippen LogP contribution in [0.2, 0.25) is 0 Å². The minimum Gasteiger partial charge on any atom is -0.394 e. The third kappa shape index (κ3) is 12.5. The molecule has 4 N–H and O–H groups in total. The molecule has 0 aromatic rings. The van der Waals surface area contributed by atoms with Gasteiger partial charge in [0.2, 0.25) is 0 Å². The first-order chi connectivity index (χ1) is 5.21. The summed E-state index contributed by atoms with van der Waals surface area (Å²) in [4.78, 5) is 0. The Hall–Kier alpha value is -0.160. The van der Waals surface area contributed by atoms with Crippen molar-refractivity contribution < 1.29 is 20.4 Å². The van der Waals surface area contributed by atoms with Crippen LogP contribution in [0.15, 0.2) is 0 Å². The Morgan fingerprint density at radius 2 is 1.33 bits per heavy atom. The standard InChI is InChI=1S/C5H12O2.C3H8O2/c1-4(6)5(2,3)7;1-3(5)2-4/h4,6-7H,1-3H3;3-5H,2H2,1H3. The second kappa shape index (κ2) is 6.37. The molecule has 12 heavy (non-hydrogen) atoms. The fraction of sp³-hybridized carbons (Fsp3) is 1.00. The van der Waals surface area contributed by atoms with Crippen molar-refractivity contribution in [2.75, 3.05) is 6.61 Å².